The lowest BCUT2D eigenvalue weighted by Gasteiger charge is -2.14. The largest absolute Gasteiger partial charge is 0.399 e. The Morgan fingerprint density at radius 3 is 2.55 bits per heavy atom. The third-order valence-corrected chi connectivity index (χ3v) is 7.10. The molecule has 0 fully saturated rings. The molecule has 31 heavy (non-hydrogen) atoms. The first-order valence-corrected chi connectivity index (χ1v) is 11.4. The minimum absolute atomic E-state index is 0.220. The Hall–Kier alpha value is -3.28. The third-order valence-electron chi connectivity index (χ3n) is 4.53. The molecular formula is C23H22N4O2S2. The van der Waals surface area contributed by atoms with Crippen LogP contribution in [-0.2, 0) is 4.79 Å². The molecule has 1 aromatic heterocycles. The van der Waals surface area contributed by atoms with Crippen molar-refractivity contribution >= 4 is 51.3 Å². The standard InChI is InChI=1S/C23H22N4O2S2/c1-3-19(30-17-11-7-8-15(25)12-17)21(28)27-23-18(13-24)14(2)20(31-23)22(29)26-16-9-5-4-6-10-16/h4-12,19H,3,25H2,1-2H3,(H,26,29)(H,27,28). The van der Waals surface area contributed by atoms with Crippen molar-refractivity contribution in [3.63, 3.8) is 0 Å². The van der Waals surface area contributed by atoms with Crippen molar-refractivity contribution in [1.29, 1.82) is 5.26 Å². The predicted molar refractivity (Wildman–Crippen MR) is 128 cm³/mol. The fourth-order valence-electron chi connectivity index (χ4n) is 2.93. The molecule has 3 aromatic rings. The van der Waals surface area contributed by atoms with Gasteiger partial charge in [0.25, 0.3) is 5.91 Å². The lowest BCUT2D eigenvalue weighted by molar-refractivity contribution is -0.115. The van der Waals surface area contributed by atoms with Crippen LogP contribution in [0.15, 0.2) is 59.5 Å². The summed E-state index contributed by atoms with van der Waals surface area (Å²) in [5, 5.41) is 15.3. The zero-order chi connectivity index (χ0) is 22.4. The van der Waals surface area contributed by atoms with Gasteiger partial charge in [0.1, 0.15) is 11.1 Å². The average Bonchev–Trinajstić information content (AvgIpc) is 3.07. The zero-order valence-electron chi connectivity index (χ0n) is 17.1. The average molecular weight is 451 g/mol. The molecule has 1 heterocycles. The number of thiophene rings is 1. The molecule has 8 heteroatoms. The van der Waals surface area contributed by atoms with Crippen LogP contribution in [0, 0.1) is 18.3 Å². The van der Waals surface area contributed by atoms with Crippen LogP contribution in [0.1, 0.15) is 34.1 Å². The van der Waals surface area contributed by atoms with Crippen molar-refractivity contribution in [2.75, 3.05) is 16.4 Å². The van der Waals surface area contributed by atoms with E-state index in [9.17, 15) is 14.9 Å². The molecule has 6 nitrogen and oxygen atoms in total. The summed E-state index contributed by atoms with van der Waals surface area (Å²) in [5.41, 5.74) is 7.98. The highest BCUT2D eigenvalue weighted by Crippen LogP contribution is 2.34. The number of rotatable bonds is 7. The van der Waals surface area contributed by atoms with Gasteiger partial charge in [-0.3, -0.25) is 9.59 Å². The molecule has 1 unspecified atom stereocenters. The molecule has 0 bridgehead atoms. The molecule has 2 amide bonds. The lowest BCUT2D eigenvalue weighted by Crippen LogP contribution is -2.24. The highest BCUT2D eigenvalue weighted by atomic mass is 32.2. The van der Waals surface area contributed by atoms with Crippen LogP contribution in [0.3, 0.4) is 0 Å². The van der Waals surface area contributed by atoms with Crippen molar-refractivity contribution in [3.05, 3.63) is 70.6 Å². The van der Waals surface area contributed by atoms with Gasteiger partial charge in [-0.2, -0.15) is 5.26 Å². The number of carbonyl (C=O) groups excluding carboxylic acids is 2. The monoisotopic (exact) mass is 450 g/mol. The highest BCUT2D eigenvalue weighted by molar-refractivity contribution is 8.00. The molecule has 2 aromatic carbocycles. The van der Waals surface area contributed by atoms with E-state index in [1.165, 1.54) is 11.8 Å². The van der Waals surface area contributed by atoms with Gasteiger partial charge in [0.05, 0.1) is 15.7 Å². The minimum Gasteiger partial charge on any atom is -0.399 e. The van der Waals surface area contributed by atoms with E-state index in [2.05, 4.69) is 16.7 Å². The smallest absolute Gasteiger partial charge is 0.266 e. The first-order chi connectivity index (χ1) is 14.9. The number of nitrogens with two attached hydrogens (primary N) is 1. The van der Waals surface area contributed by atoms with Gasteiger partial charge in [0, 0.05) is 16.3 Å². The van der Waals surface area contributed by atoms with E-state index in [1.807, 2.05) is 43.3 Å². The number of hydrogen-bond acceptors (Lipinski definition) is 6. The van der Waals surface area contributed by atoms with Crippen LogP contribution in [0.5, 0.6) is 0 Å². The van der Waals surface area contributed by atoms with E-state index in [-0.39, 0.29) is 17.1 Å². The lowest BCUT2D eigenvalue weighted by atomic mass is 10.1. The number of thioether (sulfide) groups is 1. The summed E-state index contributed by atoms with van der Waals surface area (Å²) in [7, 11) is 0. The molecule has 0 saturated carbocycles. The van der Waals surface area contributed by atoms with Crippen molar-refractivity contribution in [3.8, 4) is 6.07 Å². The quantitative estimate of drug-likeness (QED) is 0.336. The molecule has 0 aliphatic carbocycles. The Balaban J connectivity index is 1.78. The van der Waals surface area contributed by atoms with E-state index in [4.69, 9.17) is 5.73 Å². The second-order valence-corrected chi connectivity index (χ2v) is 9.07. The van der Waals surface area contributed by atoms with Crippen LogP contribution in [0.2, 0.25) is 0 Å². The van der Waals surface area contributed by atoms with Crippen LogP contribution in [0.25, 0.3) is 0 Å². The van der Waals surface area contributed by atoms with E-state index in [0.29, 0.717) is 38.8 Å². The summed E-state index contributed by atoms with van der Waals surface area (Å²) < 4.78 is 0. The Kier molecular flexibility index (Phi) is 7.34. The number of carbonyl (C=O) groups is 2. The molecule has 0 radical (unpaired) electrons. The first kappa shape index (κ1) is 22.4. The number of nitrogens with one attached hydrogen (secondary N) is 2. The Labute approximate surface area is 189 Å². The van der Waals surface area contributed by atoms with Crippen molar-refractivity contribution in [2.45, 2.75) is 30.4 Å². The van der Waals surface area contributed by atoms with E-state index in [0.717, 1.165) is 16.2 Å². The summed E-state index contributed by atoms with van der Waals surface area (Å²) in [5.74, 6) is -0.533. The maximum Gasteiger partial charge on any atom is 0.266 e. The normalized spacial score (nSPS) is 11.4. The molecule has 0 saturated heterocycles. The number of nitrogen functional groups attached to an aromatic ring is 1. The summed E-state index contributed by atoms with van der Waals surface area (Å²) in [6.07, 6.45) is 0.596. The van der Waals surface area contributed by atoms with Gasteiger partial charge in [-0.1, -0.05) is 31.2 Å². The fourth-order valence-corrected chi connectivity index (χ4v) is 5.01. The number of amides is 2. The maximum atomic E-state index is 12.9. The number of anilines is 3. The van der Waals surface area contributed by atoms with Gasteiger partial charge in [0.15, 0.2) is 0 Å². The minimum atomic E-state index is -0.364. The molecular weight excluding hydrogens is 428 g/mol. The molecule has 158 valence electrons. The summed E-state index contributed by atoms with van der Waals surface area (Å²) in [4.78, 5) is 26.9. The van der Waals surface area contributed by atoms with Crippen molar-refractivity contribution in [2.24, 2.45) is 0 Å². The van der Waals surface area contributed by atoms with E-state index >= 15 is 0 Å². The molecule has 3 rings (SSSR count). The third kappa shape index (κ3) is 5.45. The van der Waals surface area contributed by atoms with Crippen LogP contribution in [-0.4, -0.2) is 17.1 Å². The number of benzene rings is 2. The number of nitriles is 1. The fraction of sp³-hybridized carbons (Fsp3) is 0.174. The SMILES string of the molecule is CCC(Sc1cccc(N)c1)C(=O)Nc1sc(C(=O)Nc2ccccc2)c(C)c1C#N. The highest BCUT2D eigenvalue weighted by Gasteiger charge is 2.24. The predicted octanol–water partition coefficient (Wildman–Crippen LogP) is 5.27. The van der Waals surface area contributed by atoms with E-state index in [1.54, 1.807) is 25.1 Å². The Morgan fingerprint density at radius 2 is 1.90 bits per heavy atom. The summed E-state index contributed by atoms with van der Waals surface area (Å²) in [6, 6.07) is 18.6. The second kappa shape index (κ2) is 10.2. The number of nitrogens with zero attached hydrogens (tertiary/aromatic N) is 1. The molecule has 4 N–H and O–H groups in total. The molecule has 1 atom stereocenters. The molecule has 0 aliphatic rings. The van der Waals surface area contributed by atoms with Crippen LogP contribution < -0.4 is 16.4 Å². The summed E-state index contributed by atoms with van der Waals surface area (Å²) >= 11 is 2.52. The maximum absolute atomic E-state index is 12.9. The van der Waals surface area contributed by atoms with Gasteiger partial charge in [-0.15, -0.1) is 23.1 Å². The number of hydrogen-bond donors (Lipinski definition) is 3. The van der Waals surface area contributed by atoms with Crippen LogP contribution >= 0.6 is 23.1 Å². The first-order valence-electron chi connectivity index (χ1n) is 9.65. The van der Waals surface area contributed by atoms with Gasteiger partial charge in [0.2, 0.25) is 5.91 Å². The van der Waals surface area contributed by atoms with Gasteiger partial charge in [-0.05, 0) is 49.2 Å². The molecule has 0 aliphatic heterocycles. The van der Waals surface area contributed by atoms with Crippen molar-refractivity contribution < 1.29 is 9.59 Å². The van der Waals surface area contributed by atoms with Gasteiger partial charge in [-0.25, -0.2) is 0 Å². The molecule has 0 spiro atoms. The van der Waals surface area contributed by atoms with Gasteiger partial charge >= 0.3 is 0 Å². The van der Waals surface area contributed by atoms with E-state index < -0.39 is 0 Å². The van der Waals surface area contributed by atoms with Crippen LogP contribution in [0.4, 0.5) is 16.4 Å². The zero-order valence-corrected chi connectivity index (χ0v) is 18.8. The van der Waals surface area contributed by atoms with Gasteiger partial charge < -0.3 is 16.4 Å². The Bertz CT molecular complexity index is 1140. The topological polar surface area (TPSA) is 108 Å². The van der Waals surface area contributed by atoms with Crippen molar-refractivity contribution in [1.82, 2.24) is 0 Å². The second-order valence-electron chi connectivity index (χ2n) is 6.77. The summed E-state index contributed by atoms with van der Waals surface area (Å²) in [6.45, 7) is 3.64. The Morgan fingerprint density at radius 1 is 1.16 bits per heavy atom. The number of para-hydroxylation sites is 1.